The van der Waals surface area contributed by atoms with Gasteiger partial charge in [0.1, 0.15) is 18.1 Å². The van der Waals surface area contributed by atoms with Gasteiger partial charge < -0.3 is 15.4 Å². The van der Waals surface area contributed by atoms with Crippen molar-refractivity contribution in [1.82, 2.24) is 14.8 Å². The lowest BCUT2D eigenvalue weighted by molar-refractivity contribution is -0.113. The van der Waals surface area contributed by atoms with E-state index in [-0.39, 0.29) is 11.9 Å². The molecule has 0 saturated carbocycles. The molecule has 2 N–H and O–H groups in total. The summed E-state index contributed by atoms with van der Waals surface area (Å²) < 4.78 is 7.06. The molecule has 0 unspecified atom stereocenters. The Kier molecular flexibility index (Phi) is 4.18. The molecule has 0 aliphatic carbocycles. The summed E-state index contributed by atoms with van der Waals surface area (Å²) in [5, 5.41) is 12.4. The van der Waals surface area contributed by atoms with E-state index in [4.69, 9.17) is 4.74 Å². The highest BCUT2D eigenvalue weighted by Gasteiger charge is 2.34. The predicted molar refractivity (Wildman–Crippen MR) is 100 cm³/mol. The van der Waals surface area contributed by atoms with Crippen LogP contribution in [-0.4, -0.2) is 27.8 Å². The van der Waals surface area contributed by atoms with E-state index in [1.807, 2.05) is 48.7 Å². The summed E-state index contributed by atoms with van der Waals surface area (Å²) in [5.41, 5.74) is 1.96. The smallest absolute Gasteiger partial charge is 0.256 e. The molecule has 3 aromatic rings. The van der Waals surface area contributed by atoms with Crippen LogP contribution in [0.3, 0.4) is 0 Å². The first kappa shape index (κ1) is 16.3. The zero-order valence-corrected chi connectivity index (χ0v) is 15.1. The van der Waals surface area contributed by atoms with Crippen LogP contribution in [0.15, 0.2) is 59.4 Å². The first-order valence-electron chi connectivity index (χ1n) is 8.04. The minimum Gasteiger partial charge on any atom is -0.495 e. The maximum Gasteiger partial charge on any atom is 0.256 e. The largest absolute Gasteiger partial charge is 0.495 e. The van der Waals surface area contributed by atoms with Crippen molar-refractivity contribution in [3.63, 3.8) is 0 Å². The van der Waals surface area contributed by atoms with Crippen molar-refractivity contribution in [2.75, 3.05) is 17.7 Å². The van der Waals surface area contributed by atoms with Gasteiger partial charge in [0.05, 0.1) is 18.4 Å². The first-order chi connectivity index (χ1) is 12.7. The zero-order chi connectivity index (χ0) is 18.1. The van der Waals surface area contributed by atoms with Crippen LogP contribution in [0.2, 0.25) is 0 Å². The van der Waals surface area contributed by atoms with E-state index in [0.29, 0.717) is 23.0 Å². The van der Waals surface area contributed by atoms with Gasteiger partial charge >= 0.3 is 0 Å². The van der Waals surface area contributed by atoms with E-state index >= 15 is 0 Å². The van der Waals surface area contributed by atoms with Gasteiger partial charge in [-0.2, -0.15) is 10.1 Å². The van der Waals surface area contributed by atoms with Crippen LogP contribution in [0.1, 0.15) is 17.8 Å². The average molecular weight is 367 g/mol. The molecular weight excluding hydrogens is 350 g/mol. The number of thiophene rings is 1. The third kappa shape index (κ3) is 2.74. The summed E-state index contributed by atoms with van der Waals surface area (Å²) in [4.78, 5) is 18.4. The van der Waals surface area contributed by atoms with Crippen LogP contribution in [0.5, 0.6) is 5.75 Å². The number of nitrogens with one attached hydrogen (secondary N) is 2. The van der Waals surface area contributed by atoms with Crippen molar-refractivity contribution in [3.05, 3.63) is 64.3 Å². The Balaban J connectivity index is 1.74. The summed E-state index contributed by atoms with van der Waals surface area (Å²) in [7, 11) is 1.58. The van der Waals surface area contributed by atoms with Gasteiger partial charge in [0.2, 0.25) is 5.95 Å². The van der Waals surface area contributed by atoms with E-state index in [1.165, 1.54) is 6.33 Å². The number of amides is 1. The minimum absolute atomic E-state index is 0.209. The number of anilines is 2. The third-order valence-corrected chi connectivity index (χ3v) is 5.13. The van der Waals surface area contributed by atoms with Crippen LogP contribution in [-0.2, 0) is 4.79 Å². The molecule has 0 spiro atoms. The summed E-state index contributed by atoms with van der Waals surface area (Å²) in [5.74, 6) is 1.02. The number of benzene rings is 1. The van der Waals surface area contributed by atoms with Gasteiger partial charge in [0, 0.05) is 10.6 Å². The molecule has 0 fully saturated rings. The van der Waals surface area contributed by atoms with Crippen molar-refractivity contribution < 1.29 is 9.53 Å². The van der Waals surface area contributed by atoms with Gasteiger partial charge in [0.25, 0.3) is 5.91 Å². The van der Waals surface area contributed by atoms with E-state index in [1.54, 1.807) is 23.1 Å². The van der Waals surface area contributed by atoms with Crippen LogP contribution in [0.4, 0.5) is 11.6 Å². The molecule has 3 heterocycles. The normalized spacial score (nSPS) is 16.0. The molecule has 26 heavy (non-hydrogen) atoms. The number of rotatable bonds is 4. The summed E-state index contributed by atoms with van der Waals surface area (Å²) in [6.07, 6.45) is 1.48. The summed E-state index contributed by atoms with van der Waals surface area (Å²) in [6, 6.07) is 11.0. The second kappa shape index (κ2) is 6.64. The van der Waals surface area contributed by atoms with Crippen molar-refractivity contribution >= 4 is 28.9 Å². The lowest BCUT2D eigenvalue weighted by Crippen LogP contribution is -2.31. The molecule has 4 rings (SSSR count). The SMILES string of the molecule is COc1ccccc1NC(=O)C1=C(C)Nc2ncnn2[C@H]1c1cccs1. The van der Waals surface area contributed by atoms with E-state index in [2.05, 4.69) is 20.7 Å². The number of methoxy groups -OCH3 is 1. The lowest BCUT2D eigenvalue weighted by Gasteiger charge is -2.27. The molecule has 0 saturated heterocycles. The average Bonchev–Trinajstić information content (AvgIpc) is 3.32. The van der Waals surface area contributed by atoms with Crippen LogP contribution in [0, 0.1) is 0 Å². The molecule has 1 amide bonds. The minimum atomic E-state index is -0.330. The Labute approximate surface area is 154 Å². The predicted octanol–water partition coefficient (Wildman–Crippen LogP) is 3.28. The molecule has 8 heteroatoms. The van der Waals surface area contributed by atoms with Crippen LogP contribution >= 0.6 is 11.3 Å². The molecule has 2 aromatic heterocycles. The number of fused-ring (bicyclic) bond motifs is 1. The van der Waals surface area contributed by atoms with Crippen LogP contribution in [0.25, 0.3) is 0 Å². The fraction of sp³-hybridized carbons (Fsp3) is 0.167. The molecule has 1 atom stereocenters. The molecule has 1 aliphatic rings. The fourth-order valence-electron chi connectivity index (χ4n) is 3.03. The molecule has 132 valence electrons. The number of hydrogen-bond donors (Lipinski definition) is 2. The summed E-state index contributed by atoms with van der Waals surface area (Å²) >= 11 is 1.58. The van der Waals surface area contributed by atoms with Crippen molar-refractivity contribution in [2.24, 2.45) is 0 Å². The van der Waals surface area contributed by atoms with Gasteiger partial charge in [-0.3, -0.25) is 4.79 Å². The van der Waals surface area contributed by atoms with E-state index in [9.17, 15) is 4.79 Å². The zero-order valence-electron chi connectivity index (χ0n) is 14.3. The number of nitrogens with zero attached hydrogens (tertiary/aromatic N) is 3. The van der Waals surface area contributed by atoms with E-state index < -0.39 is 0 Å². The number of aromatic nitrogens is 3. The second-order valence-corrected chi connectivity index (χ2v) is 6.74. The first-order valence-corrected chi connectivity index (χ1v) is 8.92. The number of hydrogen-bond acceptors (Lipinski definition) is 6. The highest BCUT2D eigenvalue weighted by molar-refractivity contribution is 7.10. The van der Waals surface area contributed by atoms with Crippen molar-refractivity contribution in [1.29, 1.82) is 0 Å². The molecule has 0 bridgehead atoms. The quantitative estimate of drug-likeness (QED) is 0.740. The lowest BCUT2D eigenvalue weighted by atomic mass is 10.0. The van der Waals surface area contributed by atoms with Gasteiger partial charge in [0.15, 0.2) is 0 Å². The Hall–Kier alpha value is -3.13. The van der Waals surface area contributed by atoms with Crippen molar-refractivity contribution in [3.8, 4) is 5.75 Å². The van der Waals surface area contributed by atoms with E-state index in [0.717, 1.165) is 10.6 Å². The van der Waals surface area contributed by atoms with Gasteiger partial charge in [-0.1, -0.05) is 18.2 Å². The number of carbonyl (C=O) groups excluding carboxylic acids is 1. The highest BCUT2D eigenvalue weighted by Crippen LogP contribution is 2.37. The van der Waals surface area contributed by atoms with Gasteiger partial charge in [-0.25, -0.2) is 4.68 Å². The number of allylic oxidation sites excluding steroid dienone is 1. The molecule has 1 aliphatic heterocycles. The standard InChI is InChI=1S/C18H17N5O2S/c1-11-15(17(24)22-12-6-3-4-7-13(12)25-2)16(14-8-5-9-26-14)23-18(21-11)19-10-20-23/h3-10,16H,1-2H3,(H,22,24)(H,19,20,21)/t16-/m0/s1. The Morgan fingerprint density at radius 1 is 1.31 bits per heavy atom. The van der Waals surface area contributed by atoms with Gasteiger partial charge in [-0.05, 0) is 30.5 Å². The maximum atomic E-state index is 13.2. The fourth-order valence-corrected chi connectivity index (χ4v) is 3.85. The number of para-hydroxylation sites is 2. The second-order valence-electron chi connectivity index (χ2n) is 5.76. The topological polar surface area (TPSA) is 81.1 Å². The Morgan fingerprint density at radius 2 is 2.15 bits per heavy atom. The number of ether oxygens (including phenoxy) is 1. The Bertz CT molecular complexity index is 977. The summed E-state index contributed by atoms with van der Waals surface area (Å²) in [6.45, 7) is 1.87. The monoisotopic (exact) mass is 367 g/mol. The molecule has 7 nitrogen and oxygen atoms in total. The number of carbonyl (C=O) groups is 1. The van der Waals surface area contributed by atoms with Crippen molar-refractivity contribution in [2.45, 2.75) is 13.0 Å². The highest BCUT2D eigenvalue weighted by atomic mass is 32.1. The maximum absolute atomic E-state index is 13.2. The molecule has 0 radical (unpaired) electrons. The molecule has 1 aromatic carbocycles. The third-order valence-electron chi connectivity index (χ3n) is 4.21. The Morgan fingerprint density at radius 3 is 2.92 bits per heavy atom. The van der Waals surface area contributed by atoms with Gasteiger partial charge in [-0.15, -0.1) is 11.3 Å². The van der Waals surface area contributed by atoms with Crippen LogP contribution < -0.4 is 15.4 Å². The molecular formula is C18H17N5O2S.